The maximum atomic E-state index is 11.6. The molecule has 86 valence electrons. The van der Waals surface area contributed by atoms with Crippen LogP contribution in [0.1, 0.15) is 11.3 Å². The molecule has 1 aliphatic rings. The molecule has 3 nitrogen and oxygen atoms in total. The molecule has 0 aliphatic carbocycles. The van der Waals surface area contributed by atoms with E-state index in [1.807, 2.05) is 17.0 Å². The number of nitrogens with zero attached hydrogens (tertiary/aromatic N) is 1. The van der Waals surface area contributed by atoms with Crippen LogP contribution < -0.4 is 0 Å². The fourth-order valence-electron chi connectivity index (χ4n) is 2.48. The summed E-state index contributed by atoms with van der Waals surface area (Å²) in [5.41, 5.74) is 3.67. The number of H-pyrrole nitrogens is 1. The van der Waals surface area contributed by atoms with E-state index in [0.29, 0.717) is 6.54 Å². The molecular weight excluding hydrogens is 212 g/mol. The molecule has 0 atom stereocenters. The summed E-state index contributed by atoms with van der Waals surface area (Å²) in [4.78, 5) is 16.9. The number of aromatic nitrogens is 1. The molecule has 0 radical (unpaired) electrons. The number of carbonyl (C=O) groups is 1. The number of amides is 1. The number of para-hydroxylation sites is 1. The first-order valence-corrected chi connectivity index (χ1v) is 5.79. The van der Waals surface area contributed by atoms with Crippen LogP contribution in [-0.4, -0.2) is 22.3 Å². The van der Waals surface area contributed by atoms with Gasteiger partial charge in [0.25, 0.3) is 0 Å². The predicted octanol–water partition coefficient (Wildman–Crippen LogP) is 2.24. The van der Waals surface area contributed by atoms with Crippen LogP contribution in [0.25, 0.3) is 10.9 Å². The second kappa shape index (κ2) is 3.77. The van der Waals surface area contributed by atoms with Gasteiger partial charge < -0.3 is 9.88 Å². The number of nitrogens with one attached hydrogen (secondary N) is 1. The first kappa shape index (κ1) is 10.1. The molecule has 0 bridgehead atoms. The molecule has 3 rings (SSSR count). The van der Waals surface area contributed by atoms with Crippen LogP contribution in [0, 0.1) is 0 Å². The van der Waals surface area contributed by atoms with Crippen molar-refractivity contribution in [3.05, 3.63) is 48.2 Å². The van der Waals surface area contributed by atoms with Crippen molar-refractivity contribution < 1.29 is 4.79 Å². The third-order valence-electron chi connectivity index (χ3n) is 3.37. The molecule has 0 spiro atoms. The predicted molar refractivity (Wildman–Crippen MR) is 67.6 cm³/mol. The number of fused-ring (bicyclic) bond motifs is 3. The number of hydrogen-bond acceptors (Lipinski definition) is 1. The van der Waals surface area contributed by atoms with Crippen LogP contribution in [0.4, 0.5) is 0 Å². The van der Waals surface area contributed by atoms with Gasteiger partial charge in [-0.2, -0.15) is 0 Å². The first-order chi connectivity index (χ1) is 8.29. The van der Waals surface area contributed by atoms with E-state index in [4.69, 9.17) is 0 Å². The lowest BCUT2D eigenvalue weighted by Crippen LogP contribution is -2.34. The van der Waals surface area contributed by atoms with E-state index in [-0.39, 0.29) is 5.91 Å². The Morgan fingerprint density at radius 3 is 3.06 bits per heavy atom. The highest BCUT2D eigenvalue weighted by atomic mass is 16.2. The number of aromatic amines is 1. The minimum absolute atomic E-state index is 0.0148. The van der Waals surface area contributed by atoms with Gasteiger partial charge in [0.2, 0.25) is 5.91 Å². The molecular formula is C14H14N2O. The first-order valence-electron chi connectivity index (χ1n) is 5.79. The van der Waals surface area contributed by atoms with Gasteiger partial charge in [-0.1, -0.05) is 24.8 Å². The highest BCUT2D eigenvalue weighted by molar-refractivity contribution is 5.89. The summed E-state index contributed by atoms with van der Waals surface area (Å²) >= 11 is 0. The van der Waals surface area contributed by atoms with Crippen LogP contribution in [0.15, 0.2) is 36.9 Å². The third kappa shape index (κ3) is 1.55. The van der Waals surface area contributed by atoms with Crippen molar-refractivity contribution in [1.29, 1.82) is 0 Å². The lowest BCUT2D eigenvalue weighted by Gasteiger charge is -2.26. The van der Waals surface area contributed by atoms with Crippen molar-refractivity contribution in [2.24, 2.45) is 0 Å². The topological polar surface area (TPSA) is 36.1 Å². The summed E-state index contributed by atoms with van der Waals surface area (Å²) in [6.07, 6.45) is 2.28. The molecule has 1 aromatic carbocycles. The summed E-state index contributed by atoms with van der Waals surface area (Å²) in [6, 6.07) is 8.24. The average Bonchev–Trinajstić information content (AvgIpc) is 2.75. The van der Waals surface area contributed by atoms with Gasteiger partial charge in [-0.15, -0.1) is 0 Å². The SMILES string of the molecule is C=CC(=O)N1CCc2[nH]c3ccccc3c2C1. The van der Waals surface area contributed by atoms with Crippen molar-refractivity contribution in [2.75, 3.05) is 6.54 Å². The van der Waals surface area contributed by atoms with Crippen LogP contribution in [0.3, 0.4) is 0 Å². The van der Waals surface area contributed by atoms with E-state index in [1.54, 1.807) is 0 Å². The molecule has 2 heterocycles. The zero-order chi connectivity index (χ0) is 11.8. The van der Waals surface area contributed by atoms with Gasteiger partial charge in [-0.3, -0.25) is 4.79 Å². The van der Waals surface area contributed by atoms with E-state index in [1.165, 1.54) is 22.7 Å². The molecule has 1 amide bonds. The zero-order valence-electron chi connectivity index (χ0n) is 9.57. The number of carbonyl (C=O) groups excluding carboxylic acids is 1. The third-order valence-corrected chi connectivity index (χ3v) is 3.37. The van der Waals surface area contributed by atoms with Crippen LogP contribution >= 0.6 is 0 Å². The second-order valence-corrected chi connectivity index (χ2v) is 4.34. The van der Waals surface area contributed by atoms with E-state index in [0.717, 1.165) is 18.5 Å². The molecule has 1 aromatic heterocycles. The lowest BCUT2D eigenvalue weighted by atomic mass is 10.0. The van der Waals surface area contributed by atoms with Gasteiger partial charge in [0.15, 0.2) is 0 Å². The zero-order valence-corrected chi connectivity index (χ0v) is 9.57. The minimum atomic E-state index is 0.0148. The van der Waals surface area contributed by atoms with Gasteiger partial charge in [0, 0.05) is 41.7 Å². The molecule has 0 saturated heterocycles. The molecule has 1 N–H and O–H groups in total. The lowest BCUT2D eigenvalue weighted by molar-refractivity contribution is -0.126. The Balaban J connectivity index is 2.06. The van der Waals surface area contributed by atoms with Crippen molar-refractivity contribution >= 4 is 16.8 Å². The van der Waals surface area contributed by atoms with Gasteiger partial charge >= 0.3 is 0 Å². The smallest absolute Gasteiger partial charge is 0.246 e. The normalized spacial score (nSPS) is 14.7. The Morgan fingerprint density at radius 2 is 2.24 bits per heavy atom. The van der Waals surface area contributed by atoms with E-state index in [9.17, 15) is 4.79 Å². The monoisotopic (exact) mass is 226 g/mol. The Labute approximate surface area is 99.7 Å². The second-order valence-electron chi connectivity index (χ2n) is 4.34. The highest BCUT2D eigenvalue weighted by Crippen LogP contribution is 2.27. The van der Waals surface area contributed by atoms with Crippen molar-refractivity contribution in [2.45, 2.75) is 13.0 Å². The summed E-state index contributed by atoms with van der Waals surface area (Å²) < 4.78 is 0. The van der Waals surface area contributed by atoms with E-state index >= 15 is 0 Å². The standard InChI is InChI=1S/C14H14N2O/c1-2-14(17)16-8-7-13-11(9-16)10-5-3-4-6-12(10)15-13/h2-6,15H,1,7-9H2. The molecule has 3 heteroatoms. The quantitative estimate of drug-likeness (QED) is 0.744. The maximum absolute atomic E-state index is 11.6. The Hall–Kier alpha value is -2.03. The summed E-state index contributed by atoms with van der Waals surface area (Å²) in [5, 5.41) is 1.23. The molecule has 0 unspecified atom stereocenters. The molecule has 17 heavy (non-hydrogen) atoms. The molecule has 1 aliphatic heterocycles. The van der Waals surface area contributed by atoms with Crippen LogP contribution in [0.2, 0.25) is 0 Å². The largest absolute Gasteiger partial charge is 0.358 e. The fraction of sp³-hybridized carbons (Fsp3) is 0.214. The van der Waals surface area contributed by atoms with Crippen molar-refractivity contribution in [1.82, 2.24) is 9.88 Å². The average molecular weight is 226 g/mol. The van der Waals surface area contributed by atoms with E-state index in [2.05, 4.69) is 23.7 Å². The maximum Gasteiger partial charge on any atom is 0.246 e. The number of benzene rings is 1. The van der Waals surface area contributed by atoms with E-state index < -0.39 is 0 Å². The number of hydrogen-bond donors (Lipinski definition) is 1. The van der Waals surface area contributed by atoms with Crippen molar-refractivity contribution in [3.63, 3.8) is 0 Å². The summed E-state index contributed by atoms with van der Waals surface area (Å²) in [6.45, 7) is 5.00. The molecule has 2 aromatic rings. The molecule has 0 saturated carbocycles. The summed E-state index contributed by atoms with van der Waals surface area (Å²) in [5.74, 6) is 0.0148. The fourth-order valence-corrected chi connectivity index (χ4v) is 2.48. The Kier molecular flexibility index (Phi) is 2.25. The molecule has 0 fully saturated rings. The minimum Gasteiger partial charge on any atom is -0.358 e. The Morgan fingerprint density at radius 1 is 1.41 bits per heavy atom. The van der Waals surface area contributed by atoms with Gasteiger partial charge in [-0.05, 0) is 12.1 Å². The van der Waals surface area contributed by atoms with Crippen LogP contribution in [-0.2, 0) is 17.8 Å². The van der Waals surface area contributed by atoms with Gasteiger partial charge in [0.05, 0.1) is 0 Å². The summed E-state index contributed by atoms with van der Waals surface area (Å²) in [7, 11) is 0. The number of rotatable bonds is 1. The van der Waals surface area contributed by atoms with Gasteiger partial charge in [-0.25, -0.2) is 0 Å². The van der Waals surface area contributed by atoms with Crippen molar-refractivity contribution in [3.8, 4) is 0 Å². The van der Waals surface area contributed by atoms with Crippen LogP contribution in [0.5, 0.6) is 0 Å². The van der Waals surface area contributed by atoms with Gasteiger partial charge in [0.1, 0.15) is 0 Å². The Bertz CT molecular complexity index is 597. The highest BCUT2D eigenvalue weighted by Gasteiger charge is 2.22.